The molecule has 1 fully saturated rings. The Balaban J connectivity index is 1.63. The van der Waals surface area contributed by atoms with Crippen molar-refractivity contribution in [2.24, 2.45) is 0 Å². The lowest BCUT2D eigenvalue weighted by Gasteiger charge is -2.04. The molecule has 1 aliphatic heterocycles. The zero-order valence-corrected chi connectivity index (χ0v) is 10.5. The van der Waals surface area contributed by atoms with Gasteiger partial charge in [0.05, 0.1) is 6.61 Å². The van der Waals surface area contributed by atoms with Crippen LogP contribution in [-0.4, -0.2) is 23.4 Å². The van der Waals surface area contributed by atoms with Gasteiger partial charge in [-0.15, -0.1) is 0 Å². The van der Waals surface area contributed by atoms with Crippen LogP contribution < -0.4 is 4.74 Å². The molecule has 0 amide bonds. The molecule has 2 heterocycles. The minimum atomic E-state index is -0.770. The van der Waals surface area contributed by atoms with Crippen molar-refractivity contribution in [1.82, 2.24) is 10.1 Å². The van der Waals surface area contributed by atoms with E-state index >= 15 is 0 Å². The van der Waals surface area contributed by atoms with Crippen LogP contribution >= 0.6 is 0 Å². The molecule has 0 bridgehead atoms. The molecular formula is C13H12F2N2O3. The minimum absolute atomic E-state index is 0.0599. The topological polar surface area (TPSA) is 57.4 Å². The van der Waals surface area contributed by atoms with Gasteiger partial charge < -0.3 is 14.0 Å². The van der Waals surface area contributed by atoms with E-state index in [9.17, 15) is 8.78 Å². The van der Waals surface area contributed by atoms with Crippen LogP contribution in [0.25, 0.3) is 0 Å². The monoisotopic (exact) mass is 282 g/mol. The number of nitrogens with zero attached hydrogens (tertiary/aromatic N) is 2. The Morgan fingerprint density at radius 1 is 1.35 bits per heavy atom. The number of aromatic nitrogens is 2. The summed E-state index contributed by atoms with van der Waals surface area (Å²) in [5, 5.41) is 3.85. The van der Waals surface area contributed by atoms with Gasteiger partial charge in [0.15, 0.2) is 24.0 Å². The van der Waals surface area contributed by atoms with Gasteiger partial charge in [-0.05, 0) is 18.6 Å². The molecule has 1 aromatic heterocycles. The number of rotatable bonds is 4. The van der Waals surface area contributed by atoms with Gasteiger partial charge in [-0.25, -0.2) is 8.78 Å². The Labute approximate surface area is 113 Å². The van der Waals surface area contributed by atoms with E-state index in [1.165, 1.54) is 6.07 Å². The maximum absolute atomic E-state index is 13.4. The van der Waals surface area contributed by atoms with E-state index in [-0.39, 0.29) is 24.2 Å². The highest BCUT2D eigenvalue weighted by atomic mass is 19.1. The fourth-order valence-corrected chi connectivity index (χ4v) is 1.96. The van der Waals surface area contributed by atoms with Gasteiger partial charge in [0, 0.05) is 18.6 Å². The average Bonchev–Trinajstić information content (AvgIpc) is 3.08. The largest absolute Gasteiger partial charge is 0.481 e. The van der Waals surface area contributed by atoms with Gasteiger partial charge in [-0.1, -0.05) is 5.16 Å². The third kappa shape index (κ3) is 2.77. The lowest BCUT2D eigenvalue weighted by atomic mass is 10.1. The molecule has 20 heavy (non-hydrogen) atoms. The number of halogens is 2. The van der Waals surface area contributed by atoms with Crippen molar-refractivity contribution in [2.75, 3.05) is 13.2 Å². The molecule has 0 radical (unpaired) electrons. The second-order valence-corrected chi connectivity index (χ2v) is 4.47. The van der Waals surface area contributed by atoms with Crippen molar-refractivity contribution in [3.63, 3.8) is 0 Å². The summed E-state index contributed by atoms with van der Waals surface area (Å²) in [7, 11) is 0. The molecule has 1 aliphatic rings. The molecule has 0 aliphatic carbocycles. The van der Waals surface area contributed by atoms with E-state index in [2.05, 4.69) is 10.1 Å². The summed E-state index contributed by atoms with van der Waals surface area (Å²) in [4.78, 5) is 4.18. The van der Waals surface area contributed by atoms with Crippen molar-refractivity contribution in [3.05, 3.63) is 41.5 Å². The third-order valence-electron chi connectivity index (χ3n) is 3.02. The molecule has 1 saturated heterocycles. The van der Waals surface area contributed by atoms with E-state index in [1.54, 1.807) is 0 Å². The predicted octanol–water partition coefficient (Wildman–Crippen LogP) is 2.43. The Morgan fingerprint density at radius 3 is 3.00 bits per heavy atom. The average molecular weight is 282 g/mol. The molecule has 2 aromatic rings. The van der Waals surface area contributed by atoms with Crippen LogP contribution in [0.3, 0.4) is 0 Å². The van der Waals surface area contributed by atoms with Gasteiger partial charge in [0.2, 0.25) is 0 Å². The van der Waals surface area contributed by atoms with Crippen LogP contribution in [0.15, 0.2) is 22.7 Å². The molecule has 3 rings (SSSR count). The van der Waals surface area contributed by atoms with E-state index < -0.39 is 11.6 Å². The van der Waals surface area contributed by atoms with E-state index in [4.69, 9.17) is 14.0 Å². The van der Waals surface area contributed by atoms with Crippen LogP contribution in [0.1, 0.15) is 24.1 Å². The maximum Gasteiger partial charge on any atom is 0.264 e. The second-order valence-electron chi connectivity index (χ2n) is 4.47. The molecule has 7 heteroatoms. The first kappa shape index (κ1) is 13.0. The van der Waals surface area contributed by atoms with Gasteiger partial charge in [-0.2, -0.15) is 4.98 Å². The van der Waals surface area contributed by atoms with Crippen LogP contribution in [0.5, 0.6) is 5.75 Å². The number of hydrogen-bond donors (Lipinski definition) is 0. The Morgan fingerprint density at radius 2 is 2.25 bits per heavy atom. The summed E-state index contributed by atoms with van der Waals surface area (Å²) >= 11 is 0. The first-order valence-corrected chi connectivity index (χ1v) is 6.20. The third-order valence-corrected chi connectivity index (χ3v) is 3.02. The standard InChI is InChI=1S/C13H12F2N2O3/c14-9-1-2-11(10(15)5-9)19-7-12-16-13(17-20-12)8-3-4-18-6-8/h1-2,5,8H,3-4,6-7H2/t8-/m0/s1. The van der Waals surface area contributed by atoms with Crippen molar-refractivity contribution in [1.29, 1.82) is 0 Å². The molecule has 5 nitrogen and oxygen atoms in total. The minimum Gasteiger partial charge on any atom is -0.481 e. The molecule has 0 saturated carbocycles. The van der Waals surface area contributed by atoms with Crippen LogP contribution in [0.4, 0.5) is 8.78 Å². The second kappa shape index (κ2) is 5.54. The fourth-order valence-electron chi connectivity index (χ4n) is 1.96. The summed E-state index contributed by atoms with van der Waals surface area (Å²) in [5.74, 6) is -0.535. The van der Waals surface area contributed by atoms with Crippen LogP contribution in [0.2, 0.25) is 0 Å². The number of ether oxygens (including phenoxy) is 2. The highest BCUT2D eigenvalue weighted by molar-refractivity contribution is 5.24. The molecule has 1 aromatic carbocycles. The highest BCUT2D eigenvalue weighted by Gasteiger charge is 2.23. The van der Waals surface area contributed by atoms with Gasteiger partial charge in [0.25, 0.3) is 5.89 Å². The molecule has 106 valence electrons. The van der Waals surface area contributed by atoms with Crippen LogP contribution in [-0.2, 0) is 11.3 Å². The van der Waals surface area contributed by atoms with Crippen molar-refractivity contribution < 1.29 is 22.8 Å². The first-order chi connectivity index (χ1) is 9.72. The summed E-state index contributed by atoms with van der Waals surface area (Å²) in [5.41, 5.74) is 0. The Hall–Kier alpha value is -2.02. The molecule has 0 spiro atoms. The van der Waals surface area contributed by atoms with E-state index in [0.717, 1.165) is 18.6 Å². The summed E-state index contributed by atoms with van der Waals surface area (Å²) in [6.07, 6.45) is 0.854. The number of benzene rings is 1. The number of hydrogen-bond acceptors (Lipinski definition) is 5. The summed E-state index contributed by atoms with van der Waals surface area (Å²) in [6.45, 7) is 1.20. The molecular weight excluding hydrogens is 270 g/mol. The fraction of sp³-hybridized carbons (Fsp3) is 0.385. The predicted molar refractivity (Wildman–Crippen MR) is 63.2 cm³/mol. The lowest BCUT2D eigenvalue weighted by Crippen LogP contribution is -2.01. The van der Waals surface area contributed by atoms with Gasteiger partial charge in [-0.3, -0.25) is 0 Å². The van der Waals surface area contributed by atoms with Crippen molar-refractivity contribution >= 4 is 0 Å². The van der Waals surface area contributed by atoms with Gasteiger partial charge >= 0.3 is 0 Å². The highest BCUT2D eigenvalue weighted by Crippen LogP contribution is 2.23. The first-order valence-electron chi connectivity index (χ1n) is 6.20. The van der Waals surface area contributed by atoms with E-state index in [1.807, 2.05) is 0 Å². The zero-order chi connectivity index (χ0) is 13.9. The summed E-state index contributed by atoms with van der Waals surface area (Å²) in [6, 6.07) is 3.09. The van der Waals surface area contributed by atoms with Gasteiger partial charge in [0.1, 0.15) is 5.82 Å². The van der Waals surface area contributed by atoms with Crippen molar-refractivity contribution in [3.8, 4) is 5.75 Å². The summed E-state index contributed by atoms with van der Waals surface area (Å²) < 4.78 is 41.5. The van der Waals surface area contributed by atoms with E-state index in [0.29, 0.717) is 19.0 Å². The lowest BCUT2D eigenvalue weighted by molar-refractivity contribution is 0.192. The van der Waals surface area contributed by atoms with Crippen LogP contribution in [0, 0.1) is 11.6 Å². The molecule has 0 N–H and O–H groups in total. The SMILES string of the molecule is Fc1ccc(OCc2nc([C@H]3CCOC3)no2)c(F)c1. The zero-order valence-electron chi connectivity index (χ0n) is 10.5. The smallest absolute Gasteiger partial charge is 0.264 e. The quantitative estimate of drug-likeness (QED) is 0.862. The Bertz CT molecular complexity index is 597. The molecule has 1 atom stereocenters. The van der Waals surface area contributed by atoms with Crippen molar-refractivity contribution in [2.45, 2.75) is 18.9 Å². The maximum atomic E-state index is 13.4. The molecule has 0 unspecified atom stereocenters. The normalized spacial score (nSPS) is 18.4. The Kier molecular flexibility index (Phi) is 3.60.